The van der Waals surface area contributed by atoms with Gasteiger partial charge >= 0.3 is 0 Å². The van der Waals surface area contributed by atoms with E-state index in [4.69, 9.17) is 0 Å². The molecule has 2 heteroatoms. The summed E-state index contributed by atoms with van der Waals surface area (Å²) in [4.78, 5) is 2.68. The molecule has 0 amide bonds. The van der Waals surface area contributed by atoms with Crippen LogP contribution < -0.4 is 0 Å². The molecule has 0 spiro atoms. The standard InChI is InChI=1S/C7H14N.2C4H9.Al/c1-2-5-8-6-3-4-7-8;2*1-4(2)3;/h1-7H2;2*4H,1H2,2-3H3;. The second-order valence-electron chi connectivity index (χ2n) is 6.82. The van der Waals surface area contributed by atoms with Gasteiger partial charge in [-0.3, -0.25) is 0 Å². The molecule has 0 radical (unpaired) electrons. The van der Waals surface area contributed by atoms with Crippen LogP contribution >= 0.6 is 0 Å². The Balaban J connectivity index is 2.17. The molecule has 1 nitrogen and oxygen atoms in total. The average molecular weight is 253 g/mol. The van der Waals surface area contributed by atoms with Crippen LogP contribution in [0.1, 0.15) is 47.0 Å². The molecule has 0 aromatic heterocycles. The van der Waals surface area contributed by atoms with E-state index in [1.165, 1.54) is 38.9 Å². The molecule has 1 aliphatic rings. The van der Waals surface area contributed by atoms with Gasteiger partial charge in [-0.2, -0.15) is 0 Å². The summed E-state index contributed by atoms with van der Waals surface area (Å²) < 4.78 is 0. The van der Waals surface area contributed by atoms with Crippen molar-refractivity contribution in [1.29, 1.82) is 0 Å². The van der Waals surface area contributed by atoms with Crippen molar-refractivity contribution in [2.45, 2.75) is 62.8 Å². The van der Waals surface area contributed by atoms with Crippen molar-refractivity contribution in [3.05, 3.63) is 0 Å². The first kappa shape index (κ1) is 15.5. The molecule has 0 atom stereocenters. The summed E-state index contributed by atoms with van der Waals surface area (Å²) >= 11 is -0.437. The minimum atomic E-state index is -0.437. The predicted molar refractivity (Wildman–Crippen MR) is 80.1 cm³/mol. The van der Waals surface area contributed by atoms with Crippen LogP contribution in [0.15, 0.2) is 0 Å². The molecule has 0 N–H and O–H groups in total. The fourth-order valence-corrected chi connectivity index (χ4v) is 7.37. The fraction of sp³-hybridized carbons (Fsp3) is 1.00. The van der Waals surface area contributed by atoms with E-state index in [1.807, 2.05) is 0 Å². The number of hydrogen-bond donors (Lipinski definition) is 0. The molecule has 17 heavy (non-hydrogen) atoms. The third-order valence-corrected chi connectivity index (χ3v) is 8.34. The van der Waals surface area contributed by atoms with Gasteiger partial charge in [0.05, 0.1) is 0 Å². The molecule has 1 rings (SSSR count). The van der Waals surface area contributed by atoms with Gasteiger partial charge in [-0.05, 0) is 32.5 Å². The van der Waals surface area contributed by atoms with E-state index in [9.17, 15) is 0 Å². The molecule has 100 valence electrons. The average Bonchev–Trinajstić information content (AvgIpc) is 2.68. The number of likely N-dealkylation sites (tertiary alicyclic amines) is 1. The summed E-state index contributed by atoms with van der Waals surface area (Å²) in [5, 5.41) is 4.73. The molecule has 0 saturated carbocycles. The first-order valence-corrected chi connectivity index (χ1v) is 10.2. The first-order valence-electron chi connectivity index (χ1n) is 7.80. The van der Waals surface area contributed by atoms with Gasteiger partial charge < -0.3 is 4.90 Å². The van der Waals surface area contributed by atoms with Crippen LogP contribution in [0, 0.1) is 11.8 Å². The van der Waals surface area contributed by atoms with Crippen molar-refractivity contribution >= 4 is 14.1 Å². The van der Waals surface area contributed by atoms with E-state index in [1.54, 1.807) is 15.8 Å². The van der Waals surface area contributed by atoms with E-state index in [0.717, 1.165) is 11.8 Å². The zero-order valence-electron chi connectivity index (χ0n) is 12.5. The highest BCUT2D eigenvalue weighted by Crippen LogP contribution is 2.19. The van der Waals surface area contributed by atoms with Crippen molar-refractivity contribution in [1.82, 2.24) is 4.90 Å². The van der Waals surface area contributed by atoms with Crippen LogP contribution in [-0.2, 0) is 0 Å². The van der Waals surface area contributed by atoms with Crippen LogP contribution in [0.4, 0.5) is 0 Å². The Labute approximate surface area is 113 Å². The van der Waals surface area contributed by atoms with E-state index >= 15 is 0 Å². The lowest BCUT2D eigenvalue weighted by Crippen LogP contribution is -2.23. The van der Waals surface area contributed by atoms with Gasteiger partial charge in [-0.15, -0.1) is 0 Å². The molecule has 0 aromatic rings. The summed E-state index contributed by atoms with van der Waals surface area (Å²) in [6, 6.07) is 0. The van der Waals surface area contributed by atoms with Gasteiger partial charge in [0.2, 0.25) is 0 Å². The molecule has 0 bridgehead atoms. The van der Waals surface area contributed by atoms with Crippen LogP contribution in [0.3, 0.4) is 0 Å². The molecule has 1 saturated heterocycles. The van der Waals surface area contributed by atoms with Crippen LogP contribution in [-0.4, -0.2) is 38.7 Å². The van der Waals surface area contributed by atoms with Crippen molar-refractivity contribution in [2.24, 2.45) is 11.8 Å². The Morgan fingerprint density at radius 2 is 1.47 bits per heavy atom. The van der Waals surface area contributed by atoms with Crippen LogP contribution in [0.5, 0.6) is 0 Å². The van der Waals surface area contributed by atoms with Gasteiger partial charge in [-0.25, -0.2) is 0 Å². The van der Waals surface area contributed by atoms with Crippen molar-refractivity contribution < 1.29 is 0 Å². The van der Waals surface area contributed by atoms with Gasteiger partial charge in [0.25, 0.3) is 14.1 Å². The summed E-state index contributed by atoms with van der Waals surface area (Å²) in [5.74, 6) is 1.86. The summed E-state index contributed by atoms with van der Waals surface area (Å²) in [6.45, 7) is 13.8. The van der Waals surface area contributed by atoms with Crippen LogP contribution in [0.2, 0.25) is 15.8 Å². The highest BCUT2D eigenvalue weighted by molar-refractivity contribution is 6.58. The van der Waals surface area contributed by atoms with Crippen molar-refractivity contribution in [3.8, 4) is 0 Å². The predicted octanol–water partition coefficient (Wildman–Crippen LogP) is 4.28. The van der Waals surface area contributed by atoms with E-state index < -0.39 is 14.1 Å². The SMILES string of the molecule is CC(C)[CH2][Al]([CH2]CCN1CCCC1)[CH2]C(C)C. The Bertz CT molecular complexity index is 175. The lowest BCUT2D eigenvalue weighted by molar-refractivity contribution is 0.339. The highest BCUT2D eigenvalue weighted by Gasteiger charge is 2.20. The smallest absolute Gasteiger partial charge is 0.262 e. The summed E-state index contributed by atoms with van der Waals surface area (Å²) in [6.07, 6.45) is 4.37. The third kappa shape index (κ3) is 7.50. The minimum absolute atomic E-state index is 0.437. The van der Waals surface area contributed by atoms with Gasteiger partial charge in [-0.1, -0.05) is 61.8 Å². The molecule has 1 fully saturated rings. The first-order chi connectivity index (χ1) is 8.08. The largest absolute Gasteiger partial charge is 0.303 e. The van der Waals surface area contributed by atoms with Gasteiger partial charge in [0, 0.05) is 0 Å². The third-order valence-electron chi connectivity index (χ3n) is 3.89. The van der Waals surface area contributed by atoms with Crippen molar-refractivity contribution in [2.75, 3.05) is 19.6 Å². The highest BCUT2D eigenvalue weighted by atomic mass is 27.2. The second kappa shape index (κ2) is 8.57. The molecular weight excluding hydrogens is 221 g/mol. The maximum atomic E-state index is 2.68. The maximum absolute atomic E-state index is 2.68. The monoisotopic (exact) mass is 253 g/mol. The van der Waals surface area contributed by atoms with E-state index in [2.05, 4.69) is 32.6 Å². The lowest BCUT2D eigenvalue weighted by Gasteiger charge is -2.19. The Kier molecular flexibility index (Phi) is 7.84. The fourth-order valence-electron chi connectivity index (χ4n) is 3.28. The molecule has 0 aliphatic carbocycles. The molecule has 0 aromatic carbocycles. The van der Waals surface area contributed by atoms with E-state index in [-0.39, 0.29) is 0 Å². The zero-order valence-corrected chi connectivity index (χ0v) is 13.7. The number of nitrogens with zero attached hydrogens (tertiary/aromatic N) is 1. The molecule has 0 unspecified atom stereocenters. The Morgan fingerprint density at radius 1 is 0.941 bits per heavy atom. The second-order valence-corrected chi connectivity index (χ2v) is 10.1. The number of rotatable bonds is 8. The molecule has 1 aliphatic heterocycles. The topological polar surface area (TPSA) is 3.24 Å². The normalized spacial score (nSPS) is 17.3. The van der Waals surface area contributed by atoms with E-state index in [0.29, 0.717) is 0 Å². The Hall–Kier alpha value is 0.492. The molecular formula is C15H32AlN. The Morgan fingerprint density at radius 3 is 1.94 bits per heavy atom. The maximum Gasteiger partial charge on any atom is 0.262 e. The zero-order chi connectivity index (χ0) is 12.7. The minimum Gasteiger partial charge on any atom is -0.303 e. The lowest BCUT2D eigenvalue weighted by atomic mass is 10.3. The van der Waals surface area contributed by atoms with Crippen LogP contribution in [0.25, 0.3) is 0 Å². The molecule has 1 heterocycles. The summed E-state index contributed by atoms with van der Waals surface area (Å²) in [5.41, 5.74) is 0. The van der Waals surface area contributed by atoms with Gasteiger partial charge in [0.1, 0.15) is 0 Å². The summed E-state index contributed by atoms with van der Waals surface area (Å²) in [7, 11) is 0. The number of hydrogen-bond acceptors (Lipinski definition) is 1. The quantitative estimate of drug-likeness (QED) is 0.584. The van der Waals surface area contributed by atoms with Crippen molar-refractivity contribution in [3.63, 3.8) is 0 Å². The van der Waals surface area contributed by atoms with Gasteiger partial charge in [0.15, 0.2) is 0 Å².